The molecule has 0 fully saturated rings. The summed E-state index contributed by atoms with van der Waals surface area (Å²) in [6, 6.07) is 7.35. The Morgan fingerprint density at radius 3 is 2.25 bits per heavy atom. The standard InChI is InChI=1S/C17H16IN5O/c1-10-11(2)23(12(3)21-10)17-19-8-15(9-20-17)22-16(24)13-4-6-14(18)7-5-13/h4-9H,1-3H3,(H,22,24). The van der Waals surface area contributed by atoms with E-state index in [0.717, 1.165) is 20.8 Å². The van der Waals surface area contributed by atoms with Gasteiger partial charge in [-0.3, -0.25) is 9.36 Å². The predicted octanol–water partition coefficient (Wildman–Crippen LogP) is 3.44. The van der Waals surface area contributed by atoms with Crippen molar-refractivity contribution in [1.82, 2.24) is 19.5 Å². The Balaban J connectivity index is 1.79. The van der Waals surface area contributed by atoms with Crippen LogP contribution in [0.3, 0.4) is 0 Å². The van der Waals surface area contributed by atoms with Crippen LogP contribution in [-0.2, 0) is 0 Å². The van der Waals surface area contributed by atoms with Crippen LogP contribution >= 0.6 is 22.6 Å². The molecule has 0 atom stereocenters. The molecule has 0 spiro atoms. The summed E-state index contributed by atoms with van der Waals surface area (Å²) in [5, 5.41) is 2.80. The molecule has 0 saturated heterocycles. The molecule has 2 heterocycles. The highest BCUT2D eigenvalue weighted by molar-refractivity contribution is 14.1. The van der Waals surface area contributed by atoms with E-state index >= 15 is 0 Å². The molecule has 1 aromatic carbocycles. The zero-order valence-electron chi connectivity index (χ0n) is 13.5. The molecule has 0 aliphatic carbocycles. The Kier molecular flexibility index (Phi) is 4.61. The number of imidazole rings is 1. The second-order valence-corrected chi connectivity index (χ2v) is 6.64. The average Bonchev–Trinajstić information content (AvgIpc) is 2.81. The first-order valence-corrected chi connectivity index (χ1v) is 8.45. The fourth-order valence-corrected chi connectivity index (χ4v) is 2.74. The van der Waals surface area contributed by atoms with Crippen molar-refractivity contribution < 1.29 is 4.79 Å². The minimum atomic E-state index is -0.186. The van der Waals surface area contributed by atoms with Crippen LogP contribution < -0.4 is 5.32 Å². The number of rotatable bonds is 3. The van der Waals surface area contributed by atoms with E-state index in [1.807, 2.05) is 37.5 Å². The second kappa shape index (κ2) is 6.68. The van der Waals surface area contributed by atoms with Gasteiger partial charge in [0.15, 0.2) is 0 Å². The van der Waals surface area contributed by atoms with Crippen LogP contribution in [0.2, 0.25) is 0 Å². The predicted molar refractivity (Wildman–Crippen MR) is 100 cm³/mol. The van der Waals surface area contributed by atoms with Crippen molar-refractivity contribution in [1.29, 1.82) is 0 Å². The summed E-state index contributed by atoms with van der Waals surface area (Å²) in [5.74, 6) is 1.19. The monoisotopic (exact) mass is 433 g/mol. The fourth-order valence-electron chi connectivity index (χ4n) is 2.38. The highest BCUT2D eigenvalue weighted by atomic mass is 127. The van der Waals surface area contributed by atoms with Crippen molar-refractivity contribution in [2.24, 2.45) is 0 Å². The molecule has 0 aliphatic rings. The third-order valence-electron chi connectivity index (χ3n) is 3.71. The number of benzene rings is 1. The van der Waals surface area contributed by atoms with E-state index in [1.165, 1.54) is 0 Å². The highest BCUT2D eigenvalue weighted by Crippen LogP contribution is 2.15. The molecule has 0 unspecified atom stereocenters. The van der Waals surface area contributed by atoms with Crippen molar-refractivity contribution in [3.05, 3.63) is 63.0 Å². The number of amides is 1. The van der Waals surface area contributed by atoms with Crippen LogP contribution in [-0.4, -0.2) is 25.4 Å². The van der Waals surface area contributed by atoms with Crippen molar-refractivity contribution in [2.75, 3.05) is 5.32 Å². The van der Waals surface area contributed by atoms with E-state index in [1.54, 1.807) is 24.5 Å². The normalized spacial score (nSPS) is 10.7. The smallest absolute Gasteiger partial charge is 0.255 e. The van der Waals surface area contributed by atoms with Gasteiger partial charge in [0.2, 0.25) is 5.95 Å². The van der Waals surface area contributed by atoms with Gasteiger partial charge in [-0.15, -0.1) is 0 Å². The van der Waals surface area contributed by atoms with Gasteiger partial charge in [0.25, 0.3) is 5.91 Å². The summed E-state index contributed by atoms with van der Waals surface area (Å²) >= 11 is 2.20. The molecule has 1 N–H and O–H groups in total. The molecule has 0 saturated carbocycles. The number of hydrogen-bond donors (Lipinski definition) is 1. The summed E-state index contributed by atoms with van der Waals surface area (Å²) in [6.07, 6.45) is 3.20. The first-order chi connectivity index (χ1) is 11.5. The number of nitrogens with one attached hydrogen (secondary N) is 1. The van der Waals surface area contributed by atoms with Gasteiger partial charge in [-0.05, 0) is 67.6 Å². The third kappa shape index (κ3) is 3.30. The Hall–Kier alpha value is -2.29. The Labute approximate surface area is 153 Å². The molecule has 122 valence electrons. The van der Waals surface area contributed by atoms with E-state index in [2.05, 4.69) is 42.9 Å². The Morgan fingerprint density at radius 1 is 1.08 bits per heavy atom. The number of halogens is 1. The van der Waals surface area contributed by atoms with Crippen LogP contribution in [0.4, 0.5) is 5.69 Å². The number of aryl methyl sites for hydroxylation is 2. The van der Waals surface area contributed by atoms with E-state index in [4.69, 9.17) is 0 Å². The van der Waals surface area contributed by atoms with Crippen molar-refractivity contribution in [3.8, 4) is 5.95 Å². The van der Waals surface area contributed by atoms with E-state index < -0.39 is 0 Å². The summed E-state index contributed by atoms with van der Waals surface area (Å²) < 4.78 is 2.97. The average molecular weight is 433 g/mol. The lowest BCUT2D eigenvalue weighted by molar-refractivity contribution is 0.102. The minimum absolute atomic E-state index is 0.186. The molecule has 0 aliphatic heterocycles. The van der Waals surface area contributed by atoms with Crippen molar-refractivity contribution in [3.63, 3.8) is 0 Å². The number of anilines is 1. The van der Waals surface area contributed by atoms with Crippen LogP contribution in [0.5, 0.6) is 0 Å². The van der Waals surface area contributed by atoms with Crippen LogP contribution in [0.1, 0.15) is 27.6 Å². The summed E-state index contributed by atoms with van der Waals surface area (Å²) in [4.78, 5) is 25.3. The van der Waals surface area contributed by atoms with Crippen LogP contribution in [0, 0.1) is 24.3 Å². The molecular weight excluding hydrogens is 417 g/mol. The summed E-state index contributed by atoms with van der Waals surface area (Å²) in [7, 11) is 0. The fraction of sp³-hybridized carbons (Fsp3) is 0.176. The topological polar surface area (TPSA) is 72.7 Å². The highest BCUT2D eigenvalue weighted by Gasteiger charge is 2.12. The van der Waals surface area contributed by atoms with Crippen molar-refractivity contribution >= 4 is 34.2 Å². The van der Waals surface area contributed by atoms with E-state index in [9.17, 15) is 4.79 Å². The molecule has 0 bridgehead atoms. The molecule has 24 heavy (non-hydrogen) atoms. The number of carbonyl (C=O) groups is 1. The first kappa shape index (κ1) is 16.6. The quantitative estimate of drug-likeness (QED) is 0.643. The number of nitrogens with zero attached hydrogens (tertiary/aromatic N) is 4. The van der Waals surface area contributed by atoms with Gasteiger partial charge in [0, 0.05) is 14.8 Å². The molecular formula is C17H16IN5O. The van der Waals surface area contributed by atoms with Crippen molar-refractivity contribution in [2.45, 2.75) is 20.8 Å². The Morgan fingerprint density at radius 2 is 1.71 bits per heavy atom. The molecule has 2 aromatic heterocycles. The lowest BCUT2D eigenvalue weighted by Crippen LogP contribution is -2.13. The van der Waals surface area contributed by atoms with Crippen LogP contribution in [0.25, 0.3) is 5.95 Å². The summed E-state index contributed by atoms with van der Waals surface area (Å²) in [5.41, 5.74) is 3.10. The van der Waals surface area contributed by atoms with Gasteiger partial charge in [-0.25, -0.2) is 15.0 Å². The van der Waals surface area contributed by atoms with Gasteiger partial charge >= 0.3 is 0 Å². The maximum atomic E-state index is 12.2. The molecule has 3 aromatic rings. The molecule has 0 radical (unpaired) electrons. The number of aromatic nitrogens is 4. The zero-order chi connectivity index (χ0) is 17.3. The van der Waals surface area contributed by atoms with Gasteiger partial charge in [-0.2, -0.15) is 0 Å². The van der Waals surface area contributed by atoms with E-state index in [-0.39, 0.29) is 5.91 Å². The van der Waals surface area contributed by atoms with Gasteiger partial charge in [0.1, 0.15) is 5.82 Å². The minimum Gasteiger partial charge on any atom is -0.319 e. The first-order valence-electron chi connectivity index (χ1n) is 7.37. The lowest BCUT2D eigenvalue weighted by atomic mass is 10.2. The number of hydrogen-bond acceptors (Lipinski definition) is 4. The molecule has 6 nitrogen and oxygen atoms in total. The van der Waals surface area contributed by atoms with Gasteiger partial charge in [-0.1, -0.05) is 0 Å². The maximum absolute atomic E-state index is 12.2. The largest absolute Gasteiger partial charge is 0.319 e. The second-order valence-electron chi connectivity index (χ2n) is 5.40. The maximum Gasteiger partial charge on any atom is 0.255 e. The molecule has 1 amide bonds. The van der Waals surface area contributed by atoms with Crippen LogP contribution in [0.15, 0.2) is 36.7 Å². The van der Waals surface area contributed by atoms with Gasteiger partial charge < -0.3 is 5.32 Å². The molecule has 3 rings (SSSR count). The number of carbonyl (C=O) groups excluding carboxylic acids is 1. The van der Waals surface area contributed by atoms with E-state index in [0.29, 0.717) is 17.2 Å². The SMILES string of the molecule is Cc1nc(C)n(-c2ncc(NC(=O)c3ccc(I)cc3)cn2)c1C. The lowest BCUT2D eigenvalue weighted by Gasteiger charge is -2.08. The summed E-state index contributed by atoms with van der Waals surface area (Å²) in [6.45, 7) is 5.84. The van der Waals surface area contributed by atoms with Gasteiger partial charge in [0.05, 0.1) is 23.8 Å². The molecule has 7 heteroatoms. The zero-order valence-corrected chi connectivity index (χ0v) is 15.7. The third-order valence-corrected chi connectivity index (χ3v) is 4.43. The Bertz CT molecular complexity index is 885.